The van der Waals surface area contributed by atoms with Crippen LogP contribution in [0.3, 0.4) is 0 Å². The number of carboxylic acid groups (broad SMARTS) is 1. The number of nitrogens with zero attached hydrogens (tertiary/aromatic N) is 2. The van der Waals surface area contributed by atoms with Gasteiger partial charge in [0.15, 0.2) is 0 Å². The van der Waals surface area contributed by atoms with E-state index in [1.54, 1.807) is 4.90 Å². The van der Waals surface area contributed by atoms with Crippen LogP contribution in [0.4, 0.5) is 0 Å². The molecule has 2 aliphatic rings. The van der Waals surface area contributed by atoms with Crippen molar-refractivity contribution in [1.29, 1.82) is 0 Å². The van der Waals surface area contributed by atoms with Gasteiger partial charge in [0.1, 0.15) is 6.04 Å². The average molecular weight is 268 g/mol. The predicted octanol–water partition coefficient (Wildman–Crippen LogP) is 1.04. The molecule has 19 heavy (non-hydrogen) atoms. The van der Waals surface area contributed by atoms with Gasteiger partial charge >= 0.3 is 5.97 Å². The molecule has 0 aromatic heterocycles. The zero-order chi connectivity index (χ0) is 14.0. The number of carbonyl (C=O) groups excluding carboxylic acids is 1. The molecule has 0 spiro atoms. The van der Waals surface area contributed by atoms with Crippen molar-refractivity contribution in [2.24, 2.45) is 11.8 Å². The van der Waals surface area contributed by atoms with Crippen molar-refractivity contribution in [2.75, 3.05) is 26.2 Å². The van der Waals surface area contributed by atoms with Gasteiger partial charge in [0.25, 0.3) is 0 Å². The first-order valence-corrected chi connectivity index (χ1v) is 7.24. The first-order valence-electron chi connectivity index (χ1n) is 7.24. The predicted molar refractivity (Wildman–Crippen MR) is 71.8 cm³/mol. The van der Waals surface area contributed by atoms with Crippen LogP contribution >= 0.6 is 0 Å². The minimum absolute atomic E-state index is 0.00120. The van der Waals surface area contributed by atoms with Crippen molar-refractivity contribution >= 4 is 11.9 Å². The molecule has 0 saturated carbocycles. The summed E-state index contributed by atoms with van der Waals surface area (Å²) in [7, 11) is 0. The molecule has 108 valence electrons. The molecule has 5 heteroatoms. The lowest BCUT2D eigenvalue weighted by Gasteiger charge is -2.25. The third-order valence-electron chi connectivity index (χ3n) is 4.07. The smallest absolute Gasteiger partial charge is 0.326 e. The number of amides is 1. The van der Waals surface area contributed by atoms with E-state index in [9.17, 15) is 9.59 Å². The SMILES string of the molecule is CC(C)CN1CC[C@H](C(=O)N2CCC[C@@H]2C(=O)O)C1. The molecule has 2 atom stereocenters. The Morgan fingerprint density at radius 3 is 2.63 bits per heavy atom. The molecule has 2 rings (SSSR count). The molecule has 0 aromatic rings. The summed E-state index contributed by atoms with van der Waals surface area (Å²) in [6.07, 6.45) is 2.28. The van der Waals surface area contributed by atoms with E-state index in [0.29, 0.717) is 18.9 Å². The number of hydrogen-bond acceptors (Lipinski definition) is 3. The highest BCUT2D eigenvalue weighted by atomic mass is 16.4. The van der Waals surface area contributed by atoms with Crippen LogP contribution in [-0.2, 0) is 9.59 Å². The molecule has 1 amide bonds. The lowest BCUT2D eigenvalue weighted by molar-refractivity contribution is -0.149. The zero-order valence-corrected chi connectivity index (χ0v) is 11.8. The van der Waals surface area contributed by atoms with Crippen LogP contribution < -0.4 is 0 Å². The molecule has 1 N–H and O–H groups in total. The second-order valence-corrected chi connectivity index (χ2v) is 6.17. The van der Waals surface area contributed by atoms with Crippen LogP contribution in [0.15, 0.2) is 0 Å². The third-order valence-corrected chi connectivity index (χ3v) is 4.07. The van der Waals surface area contributed by atoms with E-state index in [-0.39, 0.29) is 11.8 Å². The Morgan fingerprint density at radius 1 is 1.26 bits per heavy atom. The number of carboxylic acids is 1. The summed E-state index contributed by atoms with van der Waals surface area (Å²) in [5, 5.41) is 9.14. The van der Waals surface area contributed by atoms with Crippen molar-refractivity contribution in [2.45, 2.75) is 39.2 Å². The van der Waals surface area contributed by atoms with Gasteiger partial charge in [-0.1, -0.05) is 13.8 Å². The lowest BCUT2D eigenvalue weighted by atomic mass is 10.1. The van der Waals surface area contributed by atoms with Crippen molar-refractivity contribution in [3.8, 4) is 0 Å². The van der Waals surface area contributed by atoms with E-state index in [1.165, 1.54) is 0 Å². The van der Waals surface area contributed by atoms with Crippen LogP contribution in [0, 0.1) is 11.8 Å². The molecule has 2 fully saturated rings. The maximum Gasteiger partial charge on any atom is 0.326 e. The number of hydrogen-bond donors (Lipinski definition) is 1. The highest BCUT2D eigenvalue weighted by Gasteiger charge is 2.39. The minimum Gasteiger partial charge on any atom is -0.480 e. The van der Waals surface area contributed by atoms with Gasteiger partial charge in [0.05, 0.1) is 5.92 Å². The Labute approximate surface area is 114 Å². The summed E-state index contributed by atoms with van der Waals surface area (Å²) < 4.78 is 0. The Bertz CT molecular complexity index is 357. The van der Waals surface area contributed by atoms with Gasteiger partial charge in [0, 0.05) is 19.6 Å². The molecular formula is C14H24N2O3. The van der Waals surface area contributed by atoms with E-state index in [2.05, 4.69) is 18.7 Å². The maximum atomic E-state index is 12.4. The summed E-state index contributed by atoms with van der Waals surface area (Å²) in [5.41, 5.74) is 0. The molecular weight excluding hydrogens is 244 g/mol. The van der Waals surface area contributed by atoms with Crippen LogP contribution in [0.5, 0.6) is 0 Å². The van der Waals surface area contributed by atoms with Gasteiger partial charge < -0.3 is 14.9 Å². The van der Waals surface area contributed by atoms with Crippen LogP contribution in [0.1, 0.15) is 33.1 Å². The fraction of sp³-hybridized carbons (Fsp3) is 0.857. The Morgan fingerprint density at radius 2 is 2.00 bits per heavy atom. The second kappa shape index (κ2) is 5.90. The van der Waals surface area contributed by atoms with Crippen molar-refractivity contribution in [3.63, 3.8) is 0 Å². The lowest BCUT2D eigenvalue weighted by Crippen LogP contribution is -2.44. The fourth-order valence-corrected chi connectivity index (χ4v) is 3.24. The van der Waals surface area contributed by atoms with Gasteiger partial charge in [-0.25, -0.2) is 4.79 Å². The molecule has 0 radical (unpaired) electrons. The summed E-state index contributed by atoms with van der Waals surface area (Å²) in [5.74, 6) is -0.204. The van der Waals surface area contributed by atoms with E-state index >= 15 is 0 Å². The Balaban J connectivity index is 1.92. The topological polar surface area (TPSA) is 60.9 Å². The highest BCUT2D eigenvalue weighted by Crippen LogP contribution is 2.25. The van der Waals surface area contributed by atoms with E-state index in [4.69, 9.17) is 5.11 Å². The van der Waals surface area contributed by atoms with Crippen molar-refractivity contribution in [1.82, 2.24) is 9.80 Å². The Hall–Kier alpha value is -1.10. The van der Waals surface area contributed by atoms with Gasteiger partial charge in [-0.3, -0.25) is 4.79 Å². The third kappa shape index (κ3) is 3.26. The normalized spacial score (nSPS) is 28.3. The molecule has 0 unspecified atom stereocenters. The average Bonchev–Trinajstić information content (AvgIpc) is 2.94. The van der Waals surface area contributed by atoms with Gasteiger partial charge in [0.2, 0.25) is 5.91 Å². The summed E-state index contributed by atoms with van der Waals surface area (Å²) in [6.45, 7) is 7.73. The van der Waals surface area contributed by atoms with E-state index in [1.807, 2.05) is 0 Å². The van der Waals surface area contributed by atoms with E-state index < -0.39 is 12.0 Å². The van der Waals surface area contributed by atoms with E-state index in [0.717, 1.165) is 32.5 Å². The standard InChI is InChI=1S/C14H24N2O3/c1-10(2)8-15-7-5-11(9-15)13(17)16-6-3-4-12(16)14(18)19/h10-12H,3-9H2,1-2H3,(H,18,19)/t11-,12+/m0/s1. The van der Waals surface area contributed by atoms with Gasteiger partial charge in [-0.05, 0) is 31.7 Å². The molecule has 0 aliphatic carbocycles. The molecule has 0 bridgehead atoms. The largest absolute Gasteiger partial charge is 0.480 e. The first kappa shape index (κ1) is 14.3. The first-order chi connectivity index (χ1) is 8.99. The quantitative estimate of drug-likeness (QED) is 0.827. The maximum absolute atomic E-state index is 12.4. The van der Waals surface area contributed by atoms with Gasteiger partial charge in [-0.15, -0.1) is 0 Å². The number of rotatable bonds is 4. The molecule has 2 saturated heterocycles. The molecule has 2 aliphatic heterocycles. The van der Waals surface area contributed by atoms with Crippen LogP contribution in [0.2, 0.25) is 0 Å². The van der Waals surface area contributed by atoms with Crippen LogP contribution in [0.25, 0.3) is 0 Å². The molecule has 2 heterocycles. The summed E-state index contributed by atoms with van der Waals surface area (Å²) in [4.78, 5) is 27.5. The highest BCUT2D eigenvalue weighted by molar-refractivity contribution is 5.86. The number of likely N-dealkylation sites (tertiary alicyclic amines) is 2. The number of carbonyl (C=O) groups is 2. The fourth-order valence-electron chi connectivity index (χ4n) is 3.24. The van der Waals surface area contributed by atoms with Crippen molar-refractivity contribution in [3.05, 3.63) is 0 Å². The zero-order valence-electron chi connectivity index (χ0n) is 11.8. The van der Waals surface area contributed by atoms with Crippen LogP contribution in [-0.4, -0.2) is 59.0 Å². The van der Waals surface area contributed by atoms with Crippen molar-refractivity contribution < 1.29 is 14.7 Å². The van der Waals surface area contributed by atoms with Gasteiger partial charge in [-0.2, -0.15) is 0 Å². The monoisotopic (exact) mass is 268 g/mol. The molecule has 0 aromatic carbocycles. The summed E-state index contributed by atoms with van der Waals surface area (Å²) in [6, 6.07) is -0.591. The number of aliphatic carboxylic acids is 1. The molecule has 5 nitrogen and oxygen atoms in total. The Kier molecular flexibility index (Phi) is 4.45. The minimum atomic E-state index is -0.858. The second-order valence-electron chi connectivity index (χ2n) is 6.17. The summed E-state index contributed by atoms with van der Waals surface area (Å²) >= 11 is 0.